The number of aliphatic hydroxyl groups is 1. The largest absolute Gasteiger partial charge is 0.384 e. The lowest BCUT2D eigenvalue weighted by molar-refractivity contribution is -0.116. The fraction of sp³-hybridized carbons (Fsp3) is 0.167. The predicted molar refractivity (Wildman–Crippen MR) is 71.9 cm³/mol. The van der Waals surface area contributed by atoms with E-state index >= 15 is 0 Å². The van der Waals surface area contributed by atoms with Crippen LogP contribution in [-0.2, 0) is 11.3 Å². The zero-order valence-corrected chi connectivity index (χ0v) is 11.0. The van der Waals surface area contributed by atoms with Gasteiger partial charge in [0, 0.05) is 10.6 Å². The maximum absolute atomic E-state index is 11.8. The zero-order valence-electron chi connectivity index (χ0n) is 10.2. The third-order valence-electron chi connectivity index (χ3n) is 2.25. The normalized spacial score (nSPS) is 9.70. The van der Waals surface area contributed by atoms with Crippen molar-refractivity contribution in [3.63, 3.8) is 0 Å². The lowest BCUT2D eigenvalue weighted by atomic mass is 10.2. The van der Waals surface area contributed by atoms with Crippen LogP contribution >= 0.6 is 11.6 Å². The Morgan fingerprint density at radius 2 is 2.35 bits per heavy atom. The summed E-state index contributed by atoms with van der Waals surface area (Å²) in [4.78, 5) is 11.8. The van der Waals surface area contributed by atoms with Gasteiger partial charge in [0.25, 0.3) is 0 Å². The van der Waals surface area contributed by atoms with Crippen molar-refractivity contribution in [3.8, 4) is 11.8 Å². The number of tetrazole rings is 1. The molecule has 0 aliphatic heterocycles. The van der Waals surface area contributed by atoms with Gasteiger partial charge in [0.1, 0.15) is 19.5 Å². The van der Waals surface area contributed by atoms with Gasteiger partial charge in [0.2, 0.25) is 5.91 Å². The van der Waals surface area contributed by atoms with E-state index in [1.54, 1.807) is 18.2 Å². The van der Waals surface area contributed by atoms with Crippen LogP contribution < -0.4 is 5.32 Å². The molecular formula is C12H10ClN5O2. The number of aromatic nitrogens is 4. The summed E-state index contributed by atoms with van der Waals surface area (Å²) in [7, 11) is 0. The number of halogens is 1. The number of nitrogens with zero attached hydrogens (tertiary/aromatic N) is 4. The van der Waals surface area contributed by atoms with E-state index < -0.39 is 0 Å². The van der Waals surface area contributed by atoms with E-state index in [9.17, 15) is 4.79 Å². The summed E-state index contributed by atoms with van der Waals surface area (Å²) in [6.07, 6.45) is 1.34. The van der Waals surface area contributed by atoms with Crippen LogP contribution in [0.5, 0.6) is 0 Å². The summed E-state index contributed by atoms with van der Waals surface area (Å²) in [5, 5.41) is 22.3. The molecule has 0 spiro atoms. The van der Waals surface area contributed by atoms with Crippen molar-refractivity contribution in [1.29, 1.82) is 0 Å². The minimum atomic E-state index is -0.313. The van der Waals surface area contributed by atoms with Crippen molar-refractivity contribution in [2.24, 2.45) is 0 Å². The molecule has 102 valence electrons. The fourth-order valence-corrected chi connectivity index (χ4v) is 1.63. The van der Waals surface area contributed by atoms with Gasteiger partial charge < -0.3 is 10.4 Å². The van der Waals surface area contributed by atoms with Gasteiger partial charge in [-0.2, -0.15) is 0 Å². The van der Waals surface area contributed by atoms with Crippen molar-refractivity contribution < 1.29 is 9.90 Å². The van der Waals surface area contributed by atoms with Gasteiger partial charge in [0.05, 0.1) is 5.69 Å². The molecule has 1 amide bonds. The van der Waals surface area contributed by atoms with E-state index in [1.165, 1.54) is 11.0 Å². The van der Waals surface area contributed by atoms with Gasteiger partial charge in [-0.05, 0) is 28.6 Å². The molecule has 0 aliphatic rings. The van der Waals surface area contributed by atoms with Crippen molar-refractivity contribution in [1.82, 2.24) is 20.2 Å². The van der Waals surface area contributed by atoms with Gasteiger partial charge in [-0.15, -0.1) is 5.10 Å². The van der Waals surface area contributed by atoms with Crippen LogP contribution in [0.1, 0.15) is 5.56 Å². The number of aliphatic hydroxyl groups excluding tert-OH is 1. The number of hydrogen-bond acceptors (Lipinski definition) is 5. The number of amides is 1. The van der Waals surface area contributed by atoms with Crippen LogP contribution in [0.4, 0.5) is 5.69 Å². The predicted octanol–water partition coefficient (Wildman–Crippen LogP) is 0.309. The first-order chi connectivity index (χ1) is 9.69. The van der Waals surface area contributed by atoms with Gasteiger partial charge in [-0.1, -0.05) is 23.4 Å². The number of carbonyl (C=O) groups excluding carboxylic acids is 1. The minimum absolute atomic E-state index is 0.0214. The molecule has 20 heavy (non-hydrogen) atoms. The first-order valence-corrected chi connectivity index (χ1v) is 5.97. The second kappa shape index (κ2) is 6.65. The highest BCUT2D eigenvalue weighted by Gasteiger charge is 2.08. The summed E-state index contributed by atoms with van der Waals surface area (Å²) in [5.41, 5.74) is 1.03. The number of hydrogen-bond donors (Lipinski definition) is 2. The molecule has 0 unspecified atom stereocenters. The highest BCUT2D eigenvalue weighted by molar-refractivity contribution is 6.31. The molecule has 2 rings (SSSR count). The third-order valence-corrected chi connectivity index (χ3v) is 2.49. The van der Waals surface area contributed by atoms with Crippen LogP contribution in [-0.4, -0.2) is 37.8 Å². The number of nitrogens with one attached hydrogen (secondary N) is 1. The Bertz CT molecular complexity index is 660. The molecule has 0 saturated heterocycles. The maximum atomic E-state index is 11.8. The fourth-order valence-electron chi connectivity index (χ4n) is 1.45. The highest BCUT2D eigenvalue weighted by Crippen LogP contribution is 2.20. The summed E-state index contributed by atoms with van der Waals surface area (Å²) in [6.45, 7) is -0.285. The zero-order chi connectivity index (χ0) is 14.4. The quantitative estimate of drug-likeness (QED) is 0.794. The Balaban J connectivity index is 2.15. The Kier molecular flexibility index (Phi) is 4.65. The number of carbonyl (C=O) groups is 1. The summed E-state index contributed by atoms with van der Waals surface area (Å²) >= 11 is 5.89. The van der Waals surface area contributed by atoms with Crippen LogP contribution in [0, 0.1) is 11.8 Å². The molecule has 0 fully saturated rings. The van der Waals surface area contributed by atoms with Gasteiger partial charge >= 0.3 is 0 Å². The molecule has 2 N–H and O–H groups in total. The third kappa shape index (κ3) is 3.78. The van der Waals surface area contributed by atoms with Gasteiger partial charge in [-0.3, -0.25) is 4.79 Å². The van der Waals surface area contributed by atoms with E-state index in [-0.39, 0.29) is 19.1 Å². The molecule has 0 radical (unpaired) electrons. The first-order valence-electron chi connectivity index (χ1n) is 5.59. The van der Waals surface area contributed by atoms with Crippen molar-refractivity contribution >= 4 is 23.2 Å². The first kappa shape index (κ1) is 14.0. The molecule has 1 heterocycles. The molecule has 0 atom stereocenters. The van der Waals surface area contributed by atoms with E-state index in [1.807, 2.05) is 0 Å². The summed E-state index contributed by atoms with van der Waals surface area (Å²) in [6, 6.07) is 4.90. The number of anilines is 1. The SMILES string of the molecule is O=C(Cn1cnnn1)Nc1cc(Cl)ccc1C#CCO. The Hall–Kier alpha value is -2.43. The monoisotopic (exact) mass is 291 g/mol. The highest BCUT2D eigenvalue weighted by atomic mass is 35.5. The van der Waals surface area contributed by atoms with Crippen LogP contribution in [0.25, 0.3) is 0 Å². The van der Waals surface area contributed by atoms with Crippen molar-refractivity contribution in [2.75, 3.05) is 11.9 Å². The van der Waals surface area contributed by atoms with E-state index in [2.05, 4.69) is 32.7 Å². The average Bonchev–Trinajstić information content (AvgIpc) is 2.90. The second-order valence-electron chi connectivity index (χ2n) is 3.71. The molecule has 8 heteroatoms. The molecule has 2 aromatic rings. The summed E-state index contributed by atoms with van der Waals surface area (Å²) < 4.78 is 1.29. The number of rotatable bonds is 3. The smallest absolute Gasteiger partial charge is 0.246 e. The summed E-state index contributed by atoms with van der Waals surface area (Å²) in [5.74, 6) is 4.94. The molecule has 1 aromatic carbocycles. The van der Waals surface area contributed by atoms with Crippen LogP contribution in [0.15, 0.2) is 24.5 Å². The van der Waals surface area contributed by atoms with Crippen LogP contribution in [0.2, 0.25) is 5.02 Å². The molecule has 0 saturated carbocycles. The van der Waals surface area contributed by atoms with E-state index in [0.717, 1.165) is 0 Å². The van der Waals surface area contributed by atoms with Gasteiger partial charge in [-0.25, -0.2) is 4.68 Å². The van der Waals surface area contributed by atoms with E-state index in [4.69, 9.17) is 16.7 Å². The Labute approximate surface area is 119 Å². The Morgan fingerprint density at radius 3 is 3.05 bits per heavy atom. The maximum Gasteiger partial charge on any atom is 0.246 e. The molecule has 7 nitrogen and oxygen atoms in total. The lowest BCUT2D eigenvalue weighted by Crippen LogP contribution is -2.19. The molecule has 0 aliphatic carbocycles. The molecule has 1 aromatic heterocycles. The Morgan fingerprint density at radius 1 is 1.50 bits per heavy atom. The lowest BCUT2D eigenvalue weighted by Gasteiger charge is -2.07. The minimum Gasteiger partial charge on any atom is -0.384 e. The topological polar surface area (TPSA) is 92.9 Å². The second-order valence-corrected chi connectivity index (χ2v) is 4.14. The van der Waals surface area contributed by atoms with Crippen LogP contribution in [0.3, 0.4) is 0 Å². The average molecular weight is 292 g/mol. The standard InChI is InChI=1S/C12H10ClN5O2/c13-10-4-3-9(2-1-5-19)11(6-10)15-12(20)7-18-8-14-16-17-18/h3-4,6,8,19H,5,7H2,(H,15,20). The van der Waals surface area contributed by atoms with E-state index in [0.29, 0.717) is 16.3 Å². The van der Waals surface area contributed by atoms with Crippen molar-refractivity contribution in [2.45, 2.75) is 6.54 Å². The molecular weight excluding hydrogens is 282 g/mol. The number of benzene rings is 1. The van der Waals surface area contributed by atoms with Crippen molar-refractivity contribution in [3.05, 3.63) is 35.1 Å². The van der Waals surface area contributed by atoms with Gasteiger partial charge in [0.15, 0.2) is 0 Å². The molecule has 0 bridgehead atoms.